The number of carbonyl (C=O) groups excluding carboxylic acids is 2. The predicted octanol–water partition coefficient (Wildman–Crippen LogP) is 3.06. The number of amides is 1. The molecule has 2 rings (SSSR count). The van der Waals surface area contributed by atoms with E-state index in [2.05, 4.69) is 6.58 Å². The third-order valence-corrected chi connectivity index (χ3v) is 3.96. The van der Waals surface area contributed by atoms with Gasteiger partial charge in [0.1, 0.15) is 11.7 Å². The highest BCUT2D eigenvalue weighted by Gasteiger charge is 2.49. The Balaban J connectivity index is 2.11. The molecule has 0 aromatic heterocycles. The van der Waals surface area contributed by atoms with Crippen molar-refractivity contribution in [2.24, 2.45) is 5.92 Å². The molecule has 1 saturated heterocycles. The molecule has 5 heteroatoms. The van der Waals surface area contributed by atoms with E-state index in [-0.39, 0.29) is 36.2 Å². The molecule has 0 radical (unpaired) electrons. The van der Waals surface area contributed by atoms with Crippen molar-refractivity contribution < 1.29 is 19.1 Å². The third-order valence-electron chi connectivity index (χ3n) is 3.96. The van der Waals surface area contributed by atoms with E-state index in [0.717, 1.165) is 6.42 Å². The van der Waals surface area contributed by atoms with Gasteiger partial charge in [0.2, 0.25) is 0 Å². The van der Waals surface area contributed by atoms with E-state index in [0.29, 0.717) is 6.42 Å². The van der Waals surface area contributed by atoms with Gasteiger partial charge in [-0.15, -0.1) is 6.58 Å². The normalized spacial score (nSPS) is 27.6. The Labute approximate surface area is 131 Å². The minimum absolute atomic E-state index is 0.0210. The molecular formula is C17H25NO4. The van der Waals surface area contributed by atoms with Crippen molar-refractivity contribution in [2.75, 3.05) is 0 Å². The molecule has 1 amide bonds. The molecule has 5 nitrogen and oxygen atoms in total. The first-order valence-electron chi connectivity index (χ1n) is 7.70. The highest BCUT2D eigenvalue weighted by molar-refractivity contribution is 5.71. The zero-order valence-corrected chi connectivity index (χ0v) is 13.7. The fourth-order valence-corrected chi connectivity index (χ4v) is 3.24. The first-order chi connectivity index (χ1) is 10.2. The summed E-state index contributed by atoms with van der Waals surface area (Å²) in [6.45, 7) is 10.7. The van der Waals surface area contributed by atoms with Crippen molar-refractivity contribution in [3.8, 4) is 0 Å². The van der Waals surface area contributed by atoms with Gasteiger partial charge in [-0.25, -0.2) is 4.79 Å². The number of nitrogens with zero attached hydrogens (tertiary/aromatic N) is 1. The Hall–Kier alpha value is -1.78. The highest BCUT2D eigenvalue weighted by atomic mass is 16.6. The average molecular weight is 307 g/mol. The molecule has 0 unspecified atom stereocenters. The van der Waals surface area contributed by atoms with Crippen LogP contribution in [0.25, 0.3) is 0 Å². The van der Waals surface area contributed by atoms with Crippen molar-refractivity contribution >= 4 is 12.1 Å². The topological polar surface area (TPSA) is 55.8 Å². The Bertz CT molecular complexity index is 491. The van der Waals surface area contributed by atoms with Crippen LogP contribution in [0, 0.1) is 5.92 Å². The molecule has 0 aliphatic carbocycles. The lowest BCUT2D eigenvalue weighted by Gasteiger charge is -2.30. The summed E-state index contributed by atoms with van der Waals surface area (Å²) >= 11 is 0. The van der Waals surface area contributed by atoms with Gasteiger partial charge in [-0.1, -0.05) is 18.2 Å². The molecule has 2 heterocycles. The lowest BCUT2D eigenvalue weighted by Crippen LogP contribution is -2.42. The Kier molecular flexibility index (Phi) is 4.63. The number of esters is 1. The van der Waals surface area contributed by atoms with Crippen molar-refractivity contribution in [2.45, 2.75) is 64.3 Å². The van der Waals surface area contributed by atoms with E-state index in [1.165, 1.54) is 6.92 Å². The summed E-state index contributed by atoms with van der Waals surface area (Å²) in [5.74, 6) is -0.216. The first-order valence-corrected chi connectivity index (χ1v) is 7.70. The summed E-state index contributed by atoms with van der Waals surface area (Å²) < 4.78 is 10.9. The lowest BCUT2D eigenvalue weighted by atomic mass is 9.87. The molecule has 0 saturated carbocycles. The lowest BCUT2D eigenvalue weighted by molar-refractivity contribution is -0.149. The second kappa shape index (κ2) is 6.15. The largest absolute Gasteiger partial charge is 0.462 e. The van der Waals surface area contributed by atoms with Crippen LogP contribution in [0.15, 0.2) is 24.8 Å². The summed E-state index contributed by atoms with van der Waals surface area (Å²) in [6, 6.07) is -0.0585. The van der Waals surface area contributed by atoms with Crippen LogP contribution >= 0.6 is 0 Å². The molecule has 4 atom stereocenters. The van der Waals surface area contributed by atoms with E-state index >= 15 is 0 Å². The molecule has 0 spiro atoms. The molecule has 122 valence electrons. The molecule has 2 aliphatic rings. The van der Waals surface area contributed by atoms with Crippen LogP contribution in [0.3, 0.4) is 0 Å². The highest BCUT2D eigenvalue weighted by Crippen LogP contribution is 2.41. The van der Waals surface area contributed by atoms with E-state index < -0.39 is 5.60 Å². The predicted molar refractivity (Wildman–Crippen MR) is 83.3 cm³/mol. The van der Waals surface area contributed by atoms with Crippen LogP contribution in [0.2, 0.25) is 0 Å². The van der Waals surface area contributed by atoms with Crippen molar-refractivity contribution in [1.82, 2.24) is 4.90 Å². The molecular weight excluding hydrogens is 282 g/mol. The fourth-order valence-electron chi connectivity index (χ4n) is 3.24. The number of fused-ring (bicyclic) bond motifs is 2. The minimum Gasteiger partial charge on any atom is -0.462 e. The average Bonchev–Trinajstić information content (AvgIpc) is 2.92. The van der Waals surface area contributed by atoms with Crippen LogP contribution in [-0.2, 0) is 14.3 Å². The first kappa shape index (κ1) is 16.6. The van der Waals surface area contributed by atoms with E-state index in [9.17, 15) is 9.59 Å². The third kappa shape index (κ3) is 3.51. The van der Waals surface area contributed by atoms with E-state index in [1.54, 1.807) is 11.0 Å². The second-order valence-electron chi connectivity index (χ2n) is 6.90. The summed E-state index contributed by atoms with van der Waals surface area (Å²) in [4.78, 5) is 25.5. The molecule has 22 heavy (non-hydrogen) atoms. The van der Waals surface area contributed by atoms with Gasteiger partial charge in [-0.3, -0.25) is 9.69 Å². The molecule has 2 bridgehead atoms. The van der Waals surface area contributed by atoms with Crippen molar-refractivity contribution in [3.63, 3.8) is 0 Å². The van der Waals surface area contributed by atoms with Crippen molar-refractivity contribution in [3.05, 3.63) is 24.8 Å². The maximum absolute atomic E-state index is 12.4. The van der Waals surface area contributed by atoms with E-state index in [1.807, 2.05) is 32.9 Å². The standard InChI is InChI=1S/C17H25NO4/c1-6-7-15(21-11(2)19)13-10-12-8-9-14(13)18(12)16(20)22-17(3,4)5/h6,8-9,12-15H,1,7,10H2,2-5H3/t12-,13+,14+,15+/m0/s1. The SMILES string of the molecule is C=CC[C@@H](OC(C)=O)[C@@H]1C[C@@H]2C=C[C@H]1N2C(=O)OC(C)(C)C. The molecule has 0 aromatic carbocycles. The van der Waals surface area contributed by atoms with Gasteiger partial charge in [0, 0.05) is 19.3 Å². The smallest absolute Gasteiger partial charge is 0.411 e. The Morgan fingerprint density at radius 3 is 2.64 bits per heavy atom. The number of rotatable bonds is 4. The van der Waals surface area contributed by atoms with Crippen molar-refractivity contribution in [1.29, 1.82) is 0 Å². The summed E-state index contributed by atoms with van der Waals surface area (Å²) in [5, 5.41) is 0. The van der Waals surface area contributed by atoms with Gasteiger partial charge in [-0.05, 0) is 27.2 Å². The van der Waals surface area contributed by atoms with Crippen LogP contribution in [0.4, 0.5) is 4.79 Å². The van der Waals surface area contributed by atoms with Crippen LogP contribution in [-0.4, -0.2) is 40.8 Å². The zero-order valence-electron chi connectivity index (χ0n) is 13.7. The van der Waals surface area contributed by atoms with Gasteiger partial charge >= 0.3 is 12.1 Å². The maximum Gasteiger partial charge on any atom is 0.411 e. The number of hydrogen-bond acceptors (Lipinski definition) is 4. The number of carbonyl (C=O) groups is 2. The van der Waals surface area contributed by atoms with Crippen LogP contribution < -0.4 is 0 Å². The van der Waals surface area contributed by atoms with Gasteiger partial charge in [0.15, 0.2) is 0 Å². The molecule has 2 aliphatic heterocycles. The second-order valence-corrected chi connectivity index (χ2v) is 6.90. The maximum atomic E-state index is 12.4. The van der Waals surface area contributed by atoms with Gasteiger partial charge in [0.25, 0.3) is 0 Å². The van der Waals surface area contributed by atoms with Crippen LogP contribution in [0.5, 0.6) is 0 Å². The number of hydrogen-bond donors (Lipinski definition) is 0. The minimum atomic E-state index is -0.523. The van der Waals surface area contributed by atoms with E-state index in [4.69, 9.17) is 9.47 Å². The molecule has 0 N–H and O–H groups in total. The molecule has 1 fully saturated rings. The summed E-state index contributed by atoms with van der Waals surface area (Å²) in [6.07, 6.45) is 6.61. The van der Waals surface area contributed by atoms with Crippen LogP contribution in [0.1, 0.15) is 40.5 Å². The van der Waals surface area contributed by atoms with Gasteiger partial charge in [0.05, 0.1) is 12.1 Å². The summed E-state index contributed by atoms with van der Waals surface area (Å²) in [7, 11) is 0. The van der Waals surface area contributed by atoms with Gasteiger partial charge in [-0.2, -0.15) is 0 Å². The zero-order chi connectivity index (χ0) is 16.5. The quantitative estimate of drug-likeness (QED) is 0.591. The van der Waals surface area contributed by atoms with Gasteiger partial charge < -0.3 is 9.47 Å². The monoisotopic (exact) mass is 307 g/mol. The fraction of sp³-hybridized carbons (Fsp3) is 0.647. The Morgan fingerprint density at radius 1 is 1.41 bits per heavy atom. The molecule has 0 aromatic rings. The Morgan fingerprint density at radius 2 is 2.09 bits per heavy atom. The summed E-state index contributed by atoms with van der Waals surface area (Å²) in [5.41, 5.74) is -0.523. The number of ether oxygens (including phenoxy) is 2.